The first-order valence-corrected chi connectivity index (χ1v) is 11.5. The average molecular weight is 424 g/mol. The van der Waals surface area contributed by atoms with Gasteiger partial charge in [-0.3, -0.25) is 14.0 Å². The molecule has 1 atom stereocenters. The minimum atomic E-state index is 0.134. The second kappa shape index (κ2) is 8.87. The van der Waals surface area contributed by atoms with E-state index >= 15 is 0 Å². The van der Waals surface area contributed by atoms with Crippen molar-refractivity contribution < 1.29 is 9.59 Å². The van der Waals surface area contributed by atoms with Gasteiger partial charge in [-0.2, -0.15) is 11.8 Å². The highest BCUT2D eigenvalue weighted by atomic mass is 32.2. The SMILES string of the molecule is CSCCC(=O)N1CCCC(c2nc(-c3ccc(C=O)cc3)c3c(N)nccn23)C1. The van der Waals surface area contributed by atoms with Gasteiger partial charge in [-0.05, 0) is 19.1 Å². The van der Waals surface area contributed by atoms with Gasteiger partial charge >= 0.3 is 0 Å². The summed E-state index contributed by atoms with van der Waals surface area (Å²) >= 11 is 1.69. The molecule has 2 aromatic heterocycles. The number of carbonyl (C=O) groups excluding carboxylic acids is 2. The summed E-state index contributed by atoms with van der Waals surface area (Å²) in [4.78, 5) is 34.8. The maximum Gasteiger partial charge on any atom is 0.223 e. The summed E-state index contributed by atoms with van der Waals surface area (Å²) in [6.45, 7) is 1.47. The normalized spacial score (nSPS) is 16.7. The van der Waals surface area contributed by atoms with Crippen LogP contribution in [0.25, 0.3) is 16.8 Å². The number of rotatable bonds is 6. The molecule has 4 rings (SSSR count). The molecule has 1 amide bonds. The zero-order valence-electron chi connectivity index (χ0n) is 17.0. The number of aldehydes is 1. The predicted octanol–water partition coefficient (Wildman–Crippen LogP) is 3.25. The maximum absolute atomic E-state index is 12.6. The second-order valence-electron chi connectivity index (χ2n) is 7.51. The quantitative estimate of drug-likeness (QED) is 0.612. The van der Waals surface area contributed by atoms with Crippen LogP contribution in [-0.2, 0) is 4.79 Å². The molecule has 0 saturated carbocycles. The molecule has 156 valence electrons. The lowest BCUT2D eigenvalue weighted by Crippen LogP contribution is -2.39. The van der Waals surface area contributed by atoms with Crippen LogP contribution in [0.2, 0.25) is 0 Å². The van der Waals surface area contributed by atoms with Gasteiger partial charge in [0.1, 0.15) is 29.1 Å². The molecule has 1 saturated heterocycles. The van der Waals surface area contributed by atoms with Crippen LogP contribution in [0.1, 0.15) is 41.4 Å². The van der Waals surface area contributed by atoms with E-state index in [0.717, 1.165) is 54.0 Å². The van der Waals surface area contributed by atoms with Crippen molar-refractivity contribution in [2.45, 2.75) is 25.2 Å². The van der Waals surface area contributed by atoms with Crippen LogP contribution in [0.4, 0.5) is 5.82 Å². The van der Waals surface area contributed by atoms with Gasteiger partial charge < -0.3 is 10.6 Å². The molecule has 0 aliphatic carbocycles. The molecule has 30 heavy (non-hydrogen) atoms. The van der Waals surface area contributed by atoms with E-state index in [4.69, 9.17) is 10.7 Å². The summed E-state index contributed by atoms with van der Waals surface area (Å²) in [5.74, 6) is 2.50. The number of nitrogens with zero attached hydrogens (tertiary/aromatic N) is 4. The Morgan fingerprint density at radius 1 is 1.33 bits per heavy atom. The Morgan fingerprint density at radius 2 is 2.13 bits per heavy atom. The summed E-state index contributed by atoms with van der Waals surface area (Å²) in [7, 11) is 0. The summed E-state index contributed by atoms with van der Waals surface area (Å²) < 4.78 is 2.01. The Morgan fingerprint density at radius 3 is 2.87 bits per heavy atom. The fraction of sp³-hybridized carbons (Fsp3) is 0.364. The van der Waals surface area contributed by atoms with Gasteiger partial charge in [0.15, 0.2) is 0 Å². The van der Waals surface area contributed by atoms with Crippen LogP contribution < -0.4 is 5.73 Å². The van der Waals surface area contributed by atoms with Crippen molar-refractivity contribution in [3.8, 4) is 11.3 Å². The Bertz CT molecular complexity index is 1060. The smallest absolute Gasteiger partial charge is 0.223 e. The largest absolute Gasteiger partial charge is 0.382 e. The first kappa shape index (κ1) is 20.4. The lowest BCUT2D eigenvalue weighted by atomic mass is 9.97. The highest BCUT2D eigenvalue weighted by Gasteiger charge is 2.29. The van der Waals surface area contributed by atoms with E-state index < -0.39 is 0 Å². The molecule has 0 radical (unpaired) electrons. The minimum Gasteiger partial charge on any atom is -0.382 e. The van der Waals surface area contributed by atoms with Crippen molar-refractivity contribution in [2.75, 3.05) is 30.8 Å². The van der Waals surface area contributed by atoms with Gasteiger partial charge in [0.05, 0.1) is 0 Å². The third kappa shape index (κ3) is 3.92. The molecule has 3 aromatic rings. The molecule has 1 aliphatic heterocycles. The standard InChI is InChI=1S/C22H25N5O2S/c1-30-12-8-18(29)26-10-2-3-17(13-26)22-25-19(16-6-4-15(14-28)5-7-16)20-21(23)24-9-11-27(20)22/h4-7,9,11,14,17H,2-3,8,10,12-13H2,1H3,(H2,23,24). The van der Waals surface area contributed by atoms with Crippen molar-refractivity contribution in [2.24, 2.45) is 0 Å². The number of aromatic nitrogens is 3. The number of nitrogen functional groups attached to an aromatic ring is 1. The summed E-state index contributed by atoms with van der Waals surface area (Å²) in [5, 5.41) is 0. The number of piperidine rings is 1. The number of hydrogen-bond donors (Lipinski definition) is 1. The van der Waals surface area contributed by atoms with Crippen molar-refractivity contribution in [3.05, 3.63) is 48.0 Å². The number of imidazole rings is 1. The zero-order chi connectivity index (χ0) is 21.1. The molecular weight excluding hydrogens is 398 g/mol. The highest BCUT2D eigenvalue weighted by molar-refractivity contribution is 7.98. The molecule has 1 fully saturated rings. The van der Waals surface area contributed by atoms with E-state index in [0.29, 0.717) is 24.3 Å². The number of carbonyl (C=O) groups is 2. The van der Waals surface area contributed by atoms with E-state index in [9.17, 15) is 9.59 Å². The molecule has 1 unspecified atom stereocenters. The third-order valence-electron chi connectivity index (χ3n) is 5.59. The fourth-order valence-electron chi connectivity index (χ4n) is 4.06. The number of nitrogens with two attached hydrogens (primary N) is 1. The monoisotopic (exact) mass is 423 g/mol. The molecule has 3 heterocycles. The second-order valence-corrected chi connectivity index (χ2v) is 8.50. The van der Waals surface area contributed by atoms with E-state index in [1.165, 1.54) is 0 Å². The Labute approximate surface area is 179 Å². The van der Waals surface area contributed by atoms with E-state index in [2.05, 4.69) is 4.98 Å². The van der Waals surface area contributed by atoms with Crippen molar-refractivity contribution >= 4 is 35.3 Å². The first-order valence-electron chi connectivity index (χ1n) is 10.1. The Hall–Kier alpha value is -2.87. The van der Waals surface area contributed by atoms with Crippen molar-refractivity contribution in [1.29, 1.82) is 0 Å². The number of anilines is 1. The minimum absolute atomic E-state index is 0.134. The van der Waals surface area contributed by atoms with Crippen LogP contribution in [0.3, 0.4) is 0 Å². The van der Waals surface area contributed by atoms with Gasteiger partial charge in [0.2, 0.25) is 5.91 Å². The van der Waals surface area contributed by atoms with Crippen LogP contribution in [0.5, 0.6) is 0 Å². The number of fused-ring (bicyclic) bond motifs is 1. The van der Waals surface area contributed by atoms with Gasteiger partial charge in [-0.15, -0.1) is 0 Å². The number of hydrogen-bond acceptors (Lipinski definition) is 6. The molecule has 2 N–H and O–H groups in total. The van der Waals surface area contributed by atoms with Crippen LogP contribution in [0.15, 0.2) is 36.7 Å². The third-order valence-corrected chi connectivity index (χ3v) is 6.20. The fourth-order valence-corrected chi connectivity index (χ4v) is 4.44. The lowest BCUT2D eigenvalue weighted by Gasteiger charge is -2.32. The topological polar surface area (TPSA) is 93.6 Å². The van der Waals surface area contributed by atoms with Gasteiger partial charge in [0, 0.05) is 54.7 Å². The van der Waals surface area contributed by atoms with Crippen molar-refractivity contribution in [3.63, 3.8) is 0 Å². The van der Waals surface area contributed by atoms with Crippen LogP contribution in [-0.4, -0.2) is 56.6 Å². The van der Waals surface area contributed by atoms with Gasteiger partial charge in [-0.1, -0.05) is 24.3 Å². The number of thioether (sulfide) groups is 1. The van der Waals surface area contributed by atoms with E-state index in [1.807, 2.05) is 33.9 Å². The molecular formula is C22H25N5O2S. The maximum atomic E-state index is 12.6. The summed E-state index contributed by atoms with van der Waals surface area (Å²) in [6, 6.07) is 7.29. The van der Waals surface area contributed by atoms with Gasteiger partial charge in [0.25, 0.3) is 0 Å². The molecule has 0 bridgehead atoms. The van der Waals surface area contributed by atoms with Crippen LogP contribution in [0, 0.1) is 0 Å². The zero-order valence-corrected chi connectivity index (χ0v) is 17.8. The summed E-state index contributed by atoms with van der Waals surface area (Å²) in [6.07, 6.45) is 8.89. The van der Waals surface area contributed by atoms with E-state index in [1.54, 1.807) is 30.1 Å². The molecule has 0 spiro atoms. The number of benzene rings is 1. The molecule has 1 aromatic carbocycles. The average Bonchev–Trinajstić information content (AvgIpc) is 3.18. The predicted molar refractivity (Wildman–Crippen MR) is 120 cm³/mol. The molecule has 8 heteroatoms. The van der Waals surface area contributed by atoms with Crippen molar-refractivity contribution in [1.82, 2.24) is 19.3 Å². The number of likely N-dealkylation sites (tertiary alicyclic amines) is 1. The molecule has 7 nitrogen and oxygen atoms in total. The summed E-state index contributed by atoms with van der Waals surface area (Å²) in [5.41, 5.74) is 9.23. The number of amides is 1. The lowest BCUT2D eigenvalue weighted by molar-refractivity contribution is -0.132. The Kier molecular flexibility index (Phi) is 6.03. The Balaban J connectivity index is 1.71. The highest BCUT2D eigenvalue weighted by Crippen LogP contribution is 2.34. The molecule has 1 aliphatic rings. The van der Waals surface area contributed by atoms with Gasteiger partial charge in [-0.25, -0.2) is 9.97 Å². The van der Waals surface area contributed by atoms with E-state index in [-0.39, 0.29) is 11.8 Å². The van der Waals surface area contributed by atoms with Crippen LogP contribution >= 0.6 is 11.8 Å². The first-order chi connectivity index (χ1) is 14.6.